The van der Waals surface area contributed by atoms with Crippen LogP contribution in [0, 0.1) is 62.0 Å². The second-order valence-electron chi connectivity index (χ2n) is 11.7. The number of hydrogen-bond donors (Lipinski definition) is 3. The number of ether oxygens (including phenoxy) is 2. The Morgan fingerprint density at radius 1 is 1.07 bits per heavy atom. The Hall–Kier alpha value is -3.39. The molecular formula is C40H52BN5O8UY-2. The zero-order valence-electron chi connectivity index (χ0n) is 33.0. The van der Waals surface area contributed by atoms with Crippen LogP contribution in [0.25, 0.3) is 0 Å². The molecule has 2 aromatic carbocycles. The minimum absolute atomic E-state index is 0. The Kier molecular flexibility index (Phi) is 43.7. The predicted molar refractivity (Wildman–Crippen MR) is 209 cm³/mol. The van der Waals surface area contributed by atoms with Crippen molar-refractivity contribution in [3.63, 3.8) is 0 Å². The van der Waals surface area contributed by atoms with Gasteiger partial charge in [0.15, 0.2) is 0 Å². The fraction of sp³-hybridized carbons (Fsp3) is 0.400. The summed E-state index contributed by atoms with van der Waals surface area (Å²) in [5, 5.41) is 14.0. The standard InChI is InChI=1S/C17H21N2O5.C11H16BNO.C10H12N2O.C2H3O.U.Y/c1-3-17(2,10-23-13-21)11-24-16(22)19-9-15-6-4-5-14(7-15)8-18-12-20;1-9(2)6-10-4-3-5-11(7-10)8-13-12-14;1-10(8-11-2)6-4-3-5-7-12-9-13;1-2-3;;/h4-7,13H,2-3,8-11H2,1H3,(H,19,22);3-5,7,9,14H,6,8H2,1-2H3;1,3-4,6,11H,7-8H2,2H3;1H3;;/q-1;;-2;-1;+2;/b;;6-4-;;;. The Labute approximate surface area is 382 Å². The van der Waals surface area contributed by atoms with Crippen molar-refractivity contribution in [3.8, 4) is 0 Å². The van der Waals surface area contributed by atoms with Crippen molar-refractivity contribution in [3.05, 3.63) is 114 Å². The van der Waals surface area contributed by atoms with Crippen LogP contribution in [-0.4, -0.2) is 76.7 Å². The Morgan fingerprint density at radius 3 is 2.21 bits per heavy atom. The van der Waals surface area contributed by atoms with Gasteiger partial charge in [-0.15, -0.1) is 0 Å². The molecule has 0 heterocycles. The number of hydrogen-bond acceptors (Lipinski definition) is 11. The van der Waals surface area contributed by atoms with Gasteiger partial charge in [-0.25, -0.2) is 29.9 Å². The quantitative estimate of drug-likeness (QED) is 0.0398. The normalized spacial score (nSPS) is 10.7. The number of allylic oxidation sites excluding steroid dienone is 2. The van der Waals surface area contributed by atoms with Gasteiger partial charge < -0.3 is 31.8 Å². The van der Waals surface area contributed by atoms with Crippen molar-refractivity contribution < 1.29 is 102 Å². The van der Waals surface area contributed by atoms with E-state index in [9.17, 15) is 19.2 Å². The smallest absolute Gasteiger partial charge is 0.542 e. The van der Waals surface area contributed by atoms with Gasteiger partial charge in [0.05, 0.1) is 19.8 Å². The molecule has 16 heteroatoms. The molecule has 0 aliphatic heterocycles. The number of carbonyl (C=O) groups is 2. The monoisotopic (exact) mass is 1070 g/mol. The van der Waals surface area contributed by atoms with Crippen LogP contribution in [0.15, 0.2) is 87.2 Å². The zero-order valence-corrected chi connectivity index (χ0v) is 40.0. The van der Waals surface area contributed by atoms with Crippen molar-refractivity contribution >= 4 is 38.3 Å². The number of nitrogens with zero attached hydrogens (tertiary/aromatic N) is 3. The summed E-state index contributed by atoms with van der Waals surface area (Å²) in [7, 11) is 2.68. The van der Waals surface area contributed by atoms with Gasteiger partial charge >= 0.3 is 123 Å². The van der Waals surface area contributed by atoms with Crippen molar-refractivity contribution in [2.75, 3.05) is 33.4 Å². The molecular weight excluding hydrogens is 1020 g/mol. The van der Waals surface area contributed by atoms with Gasteiger partial charge in [0, 0.05) is 39.3 Å². The van der Waals surface area contributed by atoms with E-state index in [1.54, 1.807) is 18.2 Å². The third-order valence-corrected chi connectivity index (χ3v) is 6.60. The summed E-state index contributed by atoms with van der Waals surface area (Å²) >= 11 is 0. The van der Waals surface area contributed by atoms with Gasteiger partial charge in [-0.1, -0.05) is 43.0 Å². The summed E-state index contributed by atoms with van der Waals surface area (Å²) in [4.78, 5) is 61.1. The van der Waals surface area contributed by atoms with Crippen molar-refractivity contribution in [2.24, 2.45) is 26.2 Å². The van der Waals surface area contributed by atoms with E-state index in [0.29, 0.717) is 31.9 Å². The van der Waals surface area contributed by atoms with Gasteiger partial charge in [0.25, 0.3) is 6.47 Å². The molecule has 0 fully saturated rings. The molecule has 0 aromatic heterocycles. The minimum atomic E-state index is -0.662. The van der Waals surface area contributed by atoms with Gasteiger partial charge in [0.1, 0.15) is 0 Å². The molecule has 0 spiro atoms. The van der Waals surface area contributed by atoms with Gasteiger partial charge in [-0.3, -0.25) is 42.0 Å². The number of alkyl carbamates (subject to hydrolysis) is 1. The maximum atomic E-state index is 11.8. The number of amides is 1. The third kappa shape index (κ3) is 36.3. The minimum Gasteiger partial charge on any atom is -0.542 e. The Balaban J connectivity index is -0.000000364. The van der Waals surface area contributed by atoms with Gasteiger partial charge in [0.2, 0.25) is 12.2 Å². The van der Waals surface area contributed by atoms with E-state index >= 15 is 0 Å². The number of benzene rings is 2. The van der Waals surface area contributed by atoms with Crippen LogP contribution in [0.2, 0.25) is 0 Å². The Bertz CT molecular complexity index is 1560. The van der Waals surface area contributed by atoms with E-state index in [2.05, 4.69) is 64.5 Å². The number of nitrogens with one attached hydrogen (secondary N) is 2. The first-order valence-electron chi connectivity index (χ1n) is 16.9. The van der Waals surface area contributed by atoms with Crippen LogP contribution >= 0.6 is 0 Å². The first kappa shape index (κ1) is 59.3. The summed E-state index contributed by atoms with van der Waals surface area (Å²) in [6.07, 6.45) is 13.4. The molecule has 0 saturated heterocycles. The maximum absolute atomic E-state index is 11.8. The van der Waals surface area contributed by atoms with Crippen molar-refractivity contribution in [1.82, 2.24) is 10.6 Å². The summed E-state index contributed by atoms with van der Waals surface area (Å²) in [6, 6.07) is 15.7. The predicted octanol–water partition coefficient (Wildman–Crippen LogP) is 5.26. The van der Waals surface area contributed by atoms with Gasteiger partial charge in [-0.2, -0.15) is 6.92 Å². The molecule has 0 bridgehead atoms. The average molecular weight is 1070 g/mol. The van der Waals surface area contributed by atoms with Crippen molar-refractivity contribution in [1.29, 1.82) is 0 Å². The first-order valence-corrected chi connectivity index (χ1v) is 16.9. The fourth-order valence-electron chi connectivity index (χ4n) is 3.97. The second-order valence-corrected chi connectivity index (χ2v) is 11.7. The molecule has 0 saturated carbocycles. The molecule has 0 aliphatic rings. The molecule has 0 aliphatic carbocycles. The molecule has 2 aromatic rings. The molecule has 56 heavy (non-hydrogen) atoms. The van der Waals surface area contributed by atoms with Crippen LogP contribution in [0.5, 0.6) is 0 Å². The SMILES string of the molecule is CC(C)Cc1cccc(CN=BO)c1.C[C-]=O.[CH-]=C(/C=C\C=[C-]CN=C=O)CNC.[CH2-]C(CC)(COC=O)COC(=O)NCc1cccc(CN=C=O)c1.[U+2].[Y]. The van der Waals surface area contributed by atoms with E-state index < -0.39 is 11.5 Å². The molecule has 3 N–H and O–H groups in total. The fourth-order valence-corrected chi connectivity index (χ4v) is 3.97. The number of likely N-dealkylation sites (N-methyl/N-ethyl adjacent to an activating group) is 1. The van der Waals surface area contributed by atoms with E-state index in [0.717, 1.165) is 36.0 Å². The first-order chi connectivity index (χ1) is 26.0. The second kappa shape index (κ2) is 41.3. The maximum Gasteiger partial charge on any atom is 2.00 e. The Morgan fingerprint density at radius 2 is 1.66 bits per heavy atom. The van der Waals surface area contributed by atoms with Crippen LogP contribution in [0.3, 0.4) is 0 Å². The number of isocyanates is 2. The van der Waals surface area contributed by atoms with E-state index in [-0.39, 0.29) is 96.7 Å². The van der Waals surface area contributed by atoms with E-state index in [1.165, 1.54) is 30.9 Å². The molecule has 1 amide bonds. The molecule has 2 rings (SSSR count). The van der Waals surface area contributed by atoms with Crippen LogP contribution in [0.4, 0.5) is 4.79 Å². The van der Waals surface area contributed by atoms with Crippen LogP contribution in [0.1, 0.15) is 56.4 Å². The molecule has 13 nitrogen and oxygen atoms in total. The average Bonchev–Trinajstić information content (AvgIpc) is 3.16. The summed E-state index contributed by atoms with van der Waals surface area (Å²) in [5.74, 6) is 0.673. The summed E-state index contributed by atoms with van der Waals surface area (Å²) in [5.41, 5.74) is 4.26. The summed E-state index contributed by atoms with van der Waals surface area (Å²) in [6.45, 7) is 19.5. The largest absolute Gasteiger partial charge is 2.00 e. The molecule has 1 radical (unpaired) electrons. The van der Waals surface area contributed by atoms with Crippen LogP contribution < -0.4 is 10.6 Å². The topological polar surface area (TPSA) is 185 Å². The molecule has 1 unspecified atom stereocenters. The number of rotatable bonds is 20. The zero-order chi connectivity index (χ0) is 40.9. The van der Waals surface area contributed by atoms with Crippen LogP contribution in [-0.2, 0) is 87.4 Å². The van der Waals surface area contributed by atoms with E-state index in [4.69, 9.17) is 25.9 Å². The molecule has 1 atom stereocenters. The summed E-state index contributed by atoms with van der Waals surface area (Å²) < 4.78 is 9.84. The van der Waals surface area contributed by atoms with Crippen molar-refractivity contribution in [2.45, 2.75) is 60.2 Å². The number of aliphatic imine (C=N–C) groups is 2. The molecule has 297 valence electrons. The third-order valence-electron chi connectivity index (χ3n) is 6.60. The van der Waals surface area contributed by atoms with Gasteiger partial charge in [-0.05, 0) is 31.3 Å². The van der Waals surface area contributed by atoms with E-state index in [1.807, 2.05) is 50.4 Å². The number of carbonyl (C=O) groups excluding carboxylic acids is 5.